The number of primary amides is 1. The Morgan fingerprint density at radius 2 is 1.83 bits per heavy atom. The molecule has 0 saturated heterocycles. The minimum Gasteiger partial charge on any atom is -0.452 e. The van der Waals surface area contributed by atoms with Crippen LogP contribution >= 0.6 is 0 Å². The van der Waals surface area contributed by atoms with Crippen LogP contribution in [0.5, 0.6) is 0 Å². The van der Waals surface area contributed by atoms with E-state index in [0.29, 0.717) is 0 Å². The zero-order chi connectivity index (χ0) is 13.5. The van der Waals surface area contributed by atoms with E-state index in [0.717, 1.165) is 12.1 Å². The van der Waals surface area contributed by atoms with Gasteiger partial charge in [0.25, 0.3) is 5.91 Å². The van der Waals surface area contributed by atoms with Crippen LogP contribution in [-0.4, -0.2) is 30.9 Å². The summed E-state index contributed by atoms with van der Waals surface area (Å²) in [6.45, 7) is -0.865. The van der Waals surface area contributed by atoms with Crippen LogP contribution in [0.3, 0.4) is 0 Å². The van der Waals surface area contributed by atoms with E-state index in [2.05, 4.69) is 10.1 Å². The molecule has 1 rings (SSSR count). The second-order valence-electron chi connectivity index (χ2n) is 3.33. The fourth-order valence-corrected chi connectivity index (χ4v) is 1.04. The molecule has 0 aromatic heterocycles. The van der Waals surface area contributed by atoms with E-state index < -0.39 is 30.2 Å². The number of rotatable bonds is 5. The summed E-state index contributed by atoms with van der Waals surface area (Å²) in [6.07, 6.45) is 0. The van der Waals surface area contributed by atoms with Gasteiger partial charge in [-0.25, -0.2) is 9.18 Å². The first-order chi connectivity index (χ1) is 8.49. The van der Waals surface area contributed by atoms with Gasteiger partial charge in [0.1, 0.15) is 5.82 Å². The molecule has 7 heteroatoms. The lowest BCUT2D eigenvalue weighted by molar-refractivity contribution is -0.127. The van der Waals surface area contributed by atoms with E-state index in [1.54, 1.807) is 0 Å². The number of carbonyl (C=O) groups excluding carboxylic acids is 3. The lowest BCUT2D eigenvalue weighted by Crippen LogP contribution is -2.35. The number of esters is 1. The average Bonchev–Trinajstić information content (AvgIpc) is 2.34. The molecule has 0 aliphatic carbocycles. The third-order valence-corrected chi connectivity index (χ3v) is 1.87. The van der Waals surface area contributed by atoms with E-state index in [9.17, 15) is 18.8 Å². The summed E-state index contributed by atoms with van der Waals surface area (Å²) in [6, 6.07) is 4.67. The summed E-state index contributed by atoms with van der Waals surface area (Å²) in [4.78, 5) is 32.8. The molecule has 0 aliphatic rings. The van der Waals surface area contributed by atoms with Gasteiger partial charge < -0.3 is 15.8 Å². The zero-order valence-corrected chi connectivity index (χ0v) is 9.31. The maximum atomic E-state index is 12.6. The predicted molar refractivity (Wildman–Crippen MR) is 58.9 cm³/mol. The smallest absolute Gasteiger partial charge is 0.338 e. The van der Waals surface area contributed by atoms with Crippen molar-refractivity contribution in [2.45, 2.75) is 0 Å². The molecule has 0 fully saturated rings. The Hall–Kier alpha value is -2.44. The molecule has 2 amide bonds. The van der Waals surface area contributed by atoms with Gasteiger partial charge in [-0.3, -0.25) is 9.59 Å². The molecule has 0 bridgehead atoms. The Labute approximate surface area is 102 Å². The minimum absolute atomic E-state index is 0.124. The van der Waals surface area contributed by atoms with Crippen molar-refractivity contribution < 1.29 is 23.5 Å². The lowest BCUT2D eigenvalue weighted by Gasteiger charge is -2.05. The summed E-state index contributed by atoms with van der Waals surface area (Å²) < 4.78 is 17.2. The molecule has 96 valence electrons. The maximum Gasteiger partial charge on any atom is 0.338 e. The molecule has 18 heavy (non-hydrogen) atoms. The summed E-state index contributed by atoms with van der Waals surface area (Å²) in [5.74, 6) is -2.59. The molecule has 0 aliphatic heterocycles. The maximum absolute atomic E-state index is 12.6. The molecule has 1 aromatic carbocycles. The topological polar surface area (TPSA) is 98.5 Å². The monoisotopic (exact) mass is 254 g/mol. The third kappa shape index (κ3) is 4.60. The van der Waals surface area contributed by atoms with Crippen molar-refractivity contribution in [2.75, 3.05) is 13.2 Å². The SMILES string of the molecule is NC(=O)CNC(=O)COC(=O)c1ccc(F)cc1. The number of nitrogens with two attached hydrogens (primary N) is 1. The highest BCUT2D eigenvalue weighted by molar-refractivity contribution is 5.91. The number of ether oxygens (including phenoxy) is 1. The Kier molecular flexibility index (Phi) is 4.79. The van der Waals surface area contributed by atoms with Crippen LogP contribution in [0, 0.1) is 5.82 Å². The predicted octanol–water partition coefficient (Wildman–Crippen LogP) is -0.416. The standard InChI is InChI=1S/C11H11FN2O4/c12-8-3-1-7(2-4-8)11(17)18-6-10(16)14-5-9(13)15/h1-4H,5-6H2,(H2,13,15)(H,14,16). The van der Waals surface area contributed by atoms with Crippen LogP contribution in [0.25, 0.3) is 0 Å². The lowest BCUT2D eigenvalue weighted by atomic mass is 10.2. The molecule has 1 aromatic rings. The van der Waals surface area contributed by atoms with Crippen molar-refractivity contribution in [3.8, 4) is 0 Å². The van der Waals surface area contributed by atoms with Crippen molar-refractivity contribution in [2.24, 2.45) is 5.73 Å². The second-order valence-corrected chi connectivity index (χ2v) is 3.33. The van der Waals surface area contributed by atoms with Crippen LogP contribution in [0.1, 0.15) is 10.4 Å². The Morgan fingerprint density at radius 1 is 1.22 bits per heavy atom. The second kappa shape index (κ2) is 6.33. The first kappa shape index (κ1) is 13.6. The highest BCUT2D eigenvalue weighted by atomic mass is 19.1. The Bertz CT molecular complexity index is 459. The van der Waals surface area contributed by atoms with E-state index in [1.165, 1.54) is 12.1 Å². The van der Waals surface area contributed by atoms with Crippen molar-refractivity contribution in [1.82, 2.24) is 5.32 Å². The fourth-order valence-electron chi connectivity index (χ4n) is 1.04. The van der Waals surface area contributed by atoms with Crippen molar-refractivity contribution in [3.05, 3.63) is 35.6 Å². The normalized spacial score (nSPS) is 9.61. The van der Waals surface area contributed by atoms with Crippen LogP contribution < -0.4 is 11.1 Å². The number of amides is 2. The van der Waals surface area contributed by atoms with E-state index in [1.807, 2.05) is 0 Å². The Balaban J connectivity index is 2.39. The number of benzene rings is 1. The summed E-state index contributed by atoms with van der Waals surface area (Å²) in [5, 5.41) is 2.15. The van der Waals surface area contributed by atoms with Gasteiger partial charge in [-0.1, -0.05) is 0 Å². The average molecular weight is 254 g/mol. The molecule has 0 unspecified atom stereocenters. The van der Waals surface area contributed by atoms with Gasteiger partial charge in [-0.2, -0.15) is 0 Å². The fraction of sp³-hybridized carbons (Fsp3) is 0.182. The number of carbonyl (C=O) groups is 3. The molecule has 0 atom stereocenters. The van der Waals surface area contributed by atoms with Crippen LogP contribution in [0.4, 0.5) is 4.39 Å². The number of nitrogens with one attached hydrogen (secondary N) is 1. The minimum atomic E-state index is -0.760. The van der Waals surface area contributed by atoms with Gasteiger partial charge in [-0.15, -0.1) is 0 Å². The quantitative estimate of drug-likeness (QED) is 0.697. The number of halogens is 1. The highest BCUT2D eigenvalue weighted by Crippen LogP contribution is 2.04. The van der Waals surface area contributed by atoms with Crippen molar-refractivity contribution in [1.29, 1.82) is 0 Å². The van der Waals surface area contributed by atoms with Crippen molar-refractivity contribution >= 4 is 17.8 Å². The first-order valence-corrected chi connectivity index (χ1v) is 4.96. The number of hydrogen-bond donors (Lipinski definition) is 2. The molecule has 0 heterocycles. The van der Waals surface area contributed by atoms with Gasteiger partial charge >= 0.3 is 5.97 Å². The molecular formula is C11H11FN2O4. The van der Waals surface area contributed by atoms with Gasteiger partial charge in [0, 0.05) is 0 Å². The summed E-state index contributed by atoms with van der Waals surface area (Å²) in [7, 11) is 0. The van der Waals surface area contributed by atoms with Gasteiger partial charge in [-0.05, 0) is 24.3 Å². The summed E-state index contributed by atoms with van der Waals surface area (Å²) >= 11 is 0. The van der Waals surface area contributed by atoms with Crippen molar-refractivity contribution in [3.63, 3.8) is 0 Å². The first-order valence-electron chi connectivity index (χ1n) is 4.96. The van der Waals surface area contributed by atoms with E-state index in [4.69, 9.17) is 5.73 Å². The van der Waals surface area contributed by atoms with Gasteiger partial charge in [0.05, 0.1) is 12.1 Å². The zero-order valence-electron chi connectivity index (χ0n) is 9.31. The highest BCUT2D eigenvalue weighted by Gasteiger charge is 2.10. The number of hydrogen-bond acceptors (Lipinski definition) is 4. The van der Waals surface area contributed by atoms with Gasteiger partial charge in [0.15, 0.2) is 6.61 Å². The molecule has 3 N–H and O–H groups in total. The van der Waals surface area contributed by atoms with Crippen LogP contribution in [0.15, 0.2) is 24.3 Å². The van der Waals surface area contributed by atoms with E-state index >= 15 is 0 Å². The Morgan fingerprint density at radius 3 is 2.39 bits per heavy atom. The molecule has 0 saturated carbocycles. The molecular weight excluding hydrogens is 243 g/mol. The van der Waals surface area contributed by atoms with Gasteiger partial charge in [0.2, 0.25) is 5.91 Å². The molecule has 0 radical (unpaired) electrons. The largest absolute Gasteiger partial charge is 0.452 e. The van der Waals surface area contributed by atoms with E-state index in [-0.39, 0.29) is 12.1 Å². The van der Waals surface area contributed by atoms with Crippen LogP contribution in [-0.2, 0) is 14.3 Å². The van der Waals surface area contributed by atoms with Crippen LogP contribution in [0.2, 0.25) is 0 Å². The molecule has 0 spiro atoms. The third-order valence-electron chi connectivity index (χ3n) is 1.87. The summed E-state index contributed by atoms with van der Waals surface area (Å²) in [5.41, 5.74) is 4.93. The molecule has 6 nitrogen and oxygen atoms in total.